The van der Waals surface area contributed by atoms with E-state index in [2.05, 4.69) is 9.88 Å². The van der Waals surface area contributed by atoms with E-state index in [-0.39, 0.29) is 18.2 Å². The minimum absolute atomic E-state index is 0.165. The molecule has 1 aliphatic carbocycles. The first-order valence-electron chi connectivity index (χ1n) is 10.7. The Hall–Kier alpha value is -2.28. The number of rotatable bonds is 4. The van der Waals surface area contributed by atoms with Crippen LogP contribution in [-0.4, -0.2) is 50.3 Å². The van der Waals surface area contributed by atoms with E-state index in [1.165, 1.54) is 12.1 Å². The van der Waals surface area contributed by atoms with E-state index in [0.717, 1.165) is 43.9 Å². The number of hydrogen-bond acceptors (Lipinski definition) is 4. The van der Waals surface area contributed by atoms with Gasteiger partial charge < -0.3 is 14.5 Å². The number of anilines is 2. The molecule has 160 valence electrons. The third-order valence-corrected chi connectivity index (χ3v) is 6.90. The summed E-state index contributed by atoms with van der Waals surface area (Å²) < 4.78 is 49.0. The lowest BCUT2D eigenvalue weighted by atomic mass is 9.79. The molecule has 2 saturated heterocycles. The van der Waals surface area contributed by atoms with Crippen LogP contribution in [0, 0.1) is 11.7 Å². The Labute approximate surface area is 174 Å². The molecule has 0 spiro atoms. The molecule has 5 rings (SSSR count). The Morgan fingerprint density at radius 3 is 2.50 bits per heavy atom. The van der Waals surface area contributed by atoms with Gasteiger partial charge in [0.25, 0.3) is 5.92 Å². The van der Waals surface area contributed by atoms with Crippen LogP contribution in [0.25, 0.3) is 0 Å². The molecule has 2 aromatic rings. The molecule has 0 N–H and O–H groups in total. The van der Waals surface area contributed by atoms with E-state index in [9.17, 15) is 13.2 Å². The number of hydrogen-bond donors (Lipinski definition) is 0. The first-order chi connectivity index (χ1) is 14.5. The second-order valence-corrected chi connectivity index (χ2v) is 8.62. The summed E-state index contributed by atoms with van der Waals surface area (Å²) in [6.45, 7) is 4.03. The van der Waals surface area contributed by atoms with Crippen LogP contribution in [0.15, 0.2) is 42.6 Å². The Morgan fingerprint density at radius 1 is 1.00 bits per heavy atom. The molecule has 1 aromatic carbocycles. The van der Waals surface area contributed by atoms with Crippen LogP contribution in [0.5, 0.6) is 0 Å². The van der Waals surface area contributed by atoms with Crippen molar-refractivity contribution < 1.29 is 17.9 Å². The fourth-order valence-corrected chi connectivity index (χ4v) is 5.20. The van der Waals surface area contributed by atoms with Gasteiger partial charge in [0.1, 0.15) is 5.82 Å². The summed E-state index contributed by atoms with van der Waals surface area (Å²) >= 11 is 0. The lowest BCUT2D eigenvalue weighted by Gasteiger charge is -2.39. The molecule has 3 aliphatic rings. The highest BCUT2D eigenvalue weighted by molar-refractivity contribution is 5.52. The highest BCUT2D eigenvalue weighted by Crippen LogP contribution is 2.66. The van der Waals surface area contributed by atoms with Gasteiger partial charge in [-0.3, -0.25) is 4.98 Å². The molecule has 7 heteroatoms. The van der Waals surface area contributed by atoms with Crippen LogP contribution in [0.3, 0.4) is 0 Å². The number of pyridine rings is 1. The standard InChI is InChI=1S/C23H26F3N3O/c24-18-4-1-5-19(13-18)29-8-2-3-17(15-29)22(16-23(22,25)26)21-14-20(6-7-27-21)28-9-11-30-12-10-28/h1,4-7,13-14,17H,2-3,8-12,15-16H2. The monoisotopic (exact) mass is 417 g/mol. The zero-order valence-electron chi connectivity index (χ0n) is 16.9. The van der Waals surface area contributed by atoms with E-state index in [0.29, 0.717) is 25.5 Å². The molecule has 3 heterocycles. The fourth-order valence-electron chi connectivity index (χ4n) is 5.20. The summed E-state index contributed by atoms with van der Waals surface area (Å²) in [5.41, 5.74) is 0.945. The maximum Gasteiger partial charge on any atom is 0.260 e. The van der Waals surface area contributed by atoms with Crippen LogP contribution in [0.2, 0.25) is 0 Å². The molecule has 0 radical (unpaired) electrons. The molecule has 1 saturated carbocycles. The van der Waals surface area contributed by atoms with E-state index in [1.807, 2.05) is 23.1 Å². The molecule has 4 nitrogen and oxygen atoms in total. The average Bonchev–Trinajstić information content (AvgIpc) is 3.38. The number of alkyl halides is 2. The van der Waals surface area contributed by atoms with Gasteiger partial charge in [-0.2, -0.15) is 0 Å². The highest BCUT2D eigenvalue weighted by atomic mass is 19.3. The summed E-state index contributed by atoms with van der Waals surface area (Å²) in [4.78, 5) is 8.65. The van der Waals surface area contributed by atoms with Crippen molar-refractivity contribution in [2.24, 2.45) is 5.92 Å². The molecule has 2 aliphatic heterocycles. The van der Waals surface area contributed by atoms with Gasteiger partial charge in [-0.1, -0.05) is 6.07 Å². The van der Waals surface area contributed by atoms with Gasteiger partial charge in [0.15, 0.2) is 0 Å². The van der Waals surface area contributed by atoms with Crippen molar-refractivity contribution >= 4 is 11.4 Å². The van der Waals surface area contributed by atoms with Gasteiger partial charge in [-0.25, -0.2) is 13.2 Å². The van der Waals surface area contributed by atoms with Crippen LogP contribution < -0.4 is 9.80 Å². The van der Waals surface area contributed by atoms with Gasteiger partial charge >= 0.3 is 0 Å². The Balaban J connectivity index is 1.44. The van der Waals surface area contributed by atoms with Crippen LogP contribution in [-0.2, 0) is 10.2 Å². The van der Waals surface area contributed by atoms with E-state index >= 15 is 0 Å². The number of piperidine rings is 1. The lowest BCUT2D eigenvalue weighted by Crippen LogP contribution is -2.43. The van der Waals surface area contributed by atoms with Crippen molar-refractivity contribution in [3.8, 4) is 0 Å². The summed E-state index contributed by atoms with van der Waals surface area (Å²) in [6, 6.07) is 10.2. The Morgan fingerprint density at radius 2 is 1.77 bits per heavy atom. The number of halogens is 3. The van der Waals surface area contributed by atoms with Crippen molar-refractivity contribution in [3.63, 3.8) is 0 Å². The number of aromatic nitrogens is 1. The quantitative estimate of drug-likeness (QED) is 0.744. The van der Waals surface area contributed by atoms with Gasteiger partial charge in [0.2, 0.25) is 0 Å². The molecule has 0 amide bonds. The van der Waals surface area contributed by atoms with Crippen LogP contribution in [0.1, 0.15) is 25.0 Å². The molecular formula is C23H26F3N3O. The zero-order chi connectivity index (χ0) is 20.8. The van der Waals surface area contributed by atoms with Crippen molar-refractivity contribution in [1.82, 2.24) is 4.98 Å². The molecular weight excluding hydrogens is 391 g/mol. The summed E-state index contributed by atoms with van der Waals surface area (Å²) in [5, 5.41) is 0. The highest BCUT2D eigenvalue weighted by Gasteiger charge is 2.75. The molecule has 2 unspecified atom stereocenters. The average molecular weight is 417 g/mol. The van der Waals surface area contributed by atoms with E-state index in [4.69, 9.17) is 4.74 Å². The lowest BCUT2D eigenvalue weighted by molar-refractivity contribution is 0.0650. The molecule has 1 aromatic heterocycles. The Kier molecular flexibility index (Phi) is 4.88. The van der Waals surface area contributed by atoms with Crippen molar-refractivity contribution in [1.29, 1.82) is 0 Å². The number of benzene rings is 1. The molecule has 30 heavy (non-hydrogen) atoms. The van der Waals surface area contributed by atoms with Crippen molar-refractivity contribution in [2.45, 2.75) is 30.6 Å². The van der Waals surface area contributed by atoms with E-state index in [1.54, 1.807) is 12.3 Å². The van der Waals surface area contributed by atoms with Gasteiger partial charge in [-0.05, 0) is 49.1 Å². The molecule has 3 fully saturated rings. The van der Waals surface area contributed by atoms with Crippen molar-refractivity contribution in [2.75, 3.05) is 49.2 Å². The second-order valence-electron chi connectivity index (χ2n) is 8.62. The zero-order valence-corrected chi connectivity index (χ0v) is 16.9. The smallest absolute Gasteiger partial charge is 0.260 e. The van der Waals surface area contributed by atoms with Gasteiger partial charge in [0.05, 0.1) is 24.3 Å². The van der Waals surface area contributed by atoms with Gasteiger partial charge in [-0.15, -0.1) is 0 Å². The fraction of sp³-hybridized carbons (Fsp3) is 0.522. The minimum Gasteiger partial charge on any atom is -0.378 e. The maximum absolute atomic E-state index is 14.9. The SMILES string of the molecule is Fc1cccc(N2CCCC(C3(c4cc(N5CCOCC5)ccn4)CC3(F)F)C2)c1. The van der Waals surface area contributed by atoms with Crippen molar-refractivity contribution in [3.05, 3.63) is 54.1 Å². The Bertz CT molecular complexity index is 918. The molecule has 0 bridgehead atoms. The normalized spacial score (nSPS) is 28.4. The third kappa shape index (κ3) is 3.33. The number of morpholine rings is 1. The number of nitrogens with zero attached hydrogens (tertiary/aromatic N) is 3. The van der Waals surface area contributed by atoms with Gasteiger partial charge in [0, 0.05) is 50.2 Å². The van der Waals surface area contributed by atoms with Crippen LogP contribution in [0.4, 0.5) is 24.5 Å². The maximum atomic E-state index is 14.9. The number of ether oxygens (including phenoxy) is 1. The predicted molar refractivity (Wildman–Crippen MR) is 110 cm³/mol. The minimum atomic E-state index is -2.76. The first kappa shape index (κ1) is 19.7. The summed E-state index contributed by atoms with van der Waals surface area (Å²) in [6.07, 6.45) is 3.03. The third-order valence-electron chi connectivity index (χ3n) is 6.90. The van der Waals surface area contributed by atoms with Crippen LogP contribution >= 0.6 is 0 Å². The van der Waals surface area contributed by atoms with E-state index < -0.39 is 11.3 Å². The second kappa shape index (κ2) is 7.45. The predicted octanol–water partition coefficient (Wildman–Crippen LogP) is 4.25. The topological polar surface area (TPSA) is 28.6 Å². The largest absolute Gasteiger partial charge is 0.378 e. The first-order valence-corrected chi connectivity index (χ1v) is 10.7. The summed E-state index contributed by atoms with van der Waals surface area (Å²) in [7, 11) is 0. The summed E-state index contributed by atoms with van der Waals surface area (Å²) in [5.74, 6) is -3.29. The molecule has 2 atom stereocenters.